The van der Waals surface area contributed by atoms with Crippen molar-refractivity contribution in [3.63, 3.8) is 0 Å². The molecule has 0 saturated carbocycles. The minimum Gasteiger partial charge on any atom is -0.476 e. The lowest BCUT2D eigenvalue weighted by Crippen LogP contribution is -2.08. The number of fused-ring (bicyclic) bond motifs is 1. The summed E-state index contributed by atoms with van der Waals surface area (Å²) in [6.07, 6.45) is 4.21. The fraction of sp³-hybridized carbons (Fsp3) is 0.167. The van der Waals surface area contributed by atoms with Gasteiger partial charge in [-0.2, -0.15) is 0 Å². The molecule has 2 aromatic heterocycles. The normalized spacial score (nSPS) is 10.4. The number of imidazole rings is 1. The number of nitrogens with zero attached hydrogens (tertiary/aromatic N) is 2. The van der Waals surface area contributed by atoms with Gasteiger partial charge < -0.3 is 10.4 Å². The predicted molar refractivity (Wildman–Crippen MR) is 65.5 cm³/mol. The van der Waals surface area contributed by atoms with Gasteiger partial charge in [-0.1, -0.05) is 12.1 Å². The highest BCUT2D eigenvalue weighted by Crippen LogP contribution is 2.17. The largest absolute Gasteiger partial charge is 0.476 e. The molecule has 17 heavy (non-hydrogen) atoms. The van der Waals surface area contributed by atoms with E-state index in [9.17, 15) is 9.90 Å². The Morgan fingerprint density at radius 3 is 3.12 bits per heavy atom. The van der Waals surface area contributed by atoms with Crippen LogP contribution >= 0.6 is 0 Å². The van der Waals surface area contributed by atoms with Crippen LogP contribution in [-0.2, 0) is 0 Å². The van der Waals surface area contributed by atoms with Crippen LogP contribution in [0.15, 0.2) is 37.1 Å². The van der Waals surface area contributed by atoms with Gasteiger partial charge in [0.25, 0.3) is 0 Å². The maximum atomic E-state index is 11.2. The molecule has 0 spiro atoms. The van der Waals surface area contributed by atoms with Crippen molar-refractivity contribution in [2.24, 2.45) is 0 Å². The van der Waals surface area contributed by atoms with Crippen LogP contribution in [0.1, 0.15) is 16.9 Å². The van der Waals surface area contributed by atoms with Crippen molar-refractivity contribution in [1.29, 1.82) is 0 Å². The van der Waals surface area contributed by atoms with E-state index in [1.54, 1.807) is 28.8 Å². The van der Waals surface area contributed by atoms with Crippen LogP contribution in [0.5, 0.6) is 0 Å². The smallest absolute Gasteiger partial charge is 0.356 e. The third-order valence-corrected chi connectivity index (χ3v) is 2.37. The van der Waals surface area contributed by atoms with Crippen molar-refractivity contribution >= 4 is 17.4 Å². The molecule has 2 heterocycles. The van der Waals surface area contributed by atoms with E-state index in [-0.39, 0.29) is 5.69 Å². The number of rotatable bonds is 5. The summed E-state index contributed by atoms with van der Waals surface area (Å²) >= 11 is 0. The van der Waals surface area contributed by atoms with Crippen LogP contribution in [-0.4, -0.2) is 27.0 Å². The van der Waals surface area contributed by atoms with Crippen molar-refractivity contribution in [2.75, 3.05) is 11.9 Å². The van der Waals surface area contributed by atoms with E-state index in [0.717, 1.165) is 6.42 Å². The molecule has 2 rings (SSSR count). The third kappa shape index (κ3) is 2.13. The molecule has 0 unspecified atom stereocenters. The van der Waals surface area contributed by atoms with Crippen molar-refractivity contribution in [3.05, 3.63) is 42.7 Å². The molecule has 0 saturated heterocycles. The quantitative estimate of drug-likeness (QED) is 0.610. The first-order valence-electron chi connectivity index (χ1n) is 5.29. The van der Waals surface area contributed by atoms with Gasteiger partial charge in [0.2, 0.25) is 0 Å². The topological polar surface area (TPSA) is 66.6 Å². The van der Waals surface area contributed by atoms with E-state index in [4.69, 9.17) is 0 Å². The van der Waals surface area contributed by atoms with Crippen molar-refractivity contribution in [1.82, 2.24) is 9.38 Å². The van der Waals surface area contributed by atoms with Crippen LogP contribution in [0.4, 0.5) is 5.82 Å². The van der Waals surface area contributed by atoms with Gasteiger partial charge in [-0.3, -0.25) is 4.40 Å². The van der Waals surface area contributed by atoms with Crippen LogP contribution < -0.4 is 5.32 Å². The summed E-state index contributed by atoms with van der Waals surface area (Å²) in [5.74, 6) is -0.602. The van der Waals surface area contributed by atoms with E-state index in [0.29, 0.717) is 18.0 Å². The molecule has 0 aliphatic rings. The molecule has 5 heteroatoms. The highest BCUT2D eigenvalue weighted by Gasteiger charge is 2.17. The Morgan fingerprint density at radius 1 is 1.59 bits per heavy atom. The van der Waals surface area contributed by atoms with Crippen molar-refractivity contribution < 1.29 is 9.90 Å². The summed E-state index contributed by atoms with van der Waals surface area (Å²) in [6.45, 7) is 4.23. The minimum absolute atomic E-state index is 0.157. The molecule has 0 fully saturated rings. The van der Waals surface area contributed by atoms with Gasteiger partial charge >= 0.3 is 5.97 Å². The maximum Gasteiger partial charge on any atom is 0.356 e. The molecule has 0 atom stereocenters. The van der Waals surface area contributed by atoms with Crippen molar-refractivity contribution in [2.45, 2.75) is 6.42 Å². The van der Waals surface area contributed by atoms with Gasteiger partial charge in [0.15, 0.2) is 11.5 Å². The monoisotopic (exact) mass is 231 g/mol. The number of carboxylic acids is 1. The van der Waals surface area contributed by atoms with Crippen LogP contribution in [0, 0.1) is 0 Å². The third-order valence-electron chi connectivity index (χ3n) is 2.37. The first-order valence-corrected chi connectivity index (χ1v) is 5.29. The second kappa shape index (κ2) is 4.69. The number of hydrogen-bond acceptors (Lipinski definition) is 3. The zero-order valence-corrected chi connectivity index (χ0v) is 9.26. The maximum absolute atomic E-state index is 11.2. The number of aromatic carboxylic acids is 1. The summed E-state index contributed by atoms with van der Waals surface area (Å²) in [5, 5.41) is 12.2. The highest BCUT2D eigenvalue weighted by atomic mass is 16.4. The summed E-state index contributed by atoms with van der Waals surface area (Å²) in [7, 11) is 0. The lowest BCUT2D eigenvalue weighted by Gasteiger charge is -2.02. The summed E-state index contributed by atoms with van der Waals surface area (Å²) < 4.78 is 1.55. The molecule has 88 valence electrons. The van der Waals surface area contributed by atoms with Crippen LogP contribution in [0.25, 0.3) is 5.65 Å². The van der Waals surface area contributed by atoms with Gasteiger partial charge in [-0.15, -0.1) is 6.58 Å². The first kappa shape index (κ1) is 11.2. The lowest BCUT2D eigenvalue weighted by molar-refractivity contribution is 0.0690. The van der Waals surface area contributed by atoms with Gasteiger partial charge in [0.1, 0.15) is 5.65 Å². The number of hydrogen-bond donors (Lipinski definition) is 2. The number of pyridine rings is 1. The summed E-state index contributed by atoms with van der Waals surface area (Å²) in [6, 6.07) is 5.36. The predicted octanol–water partition coefficient (Wildman–Crippen LogP) is 2.02. The van der Waals surface area contributed by atoms with Crippen molar-refractivity contribution in [3.8, 4) is 0 Å². The Hall–Kier alpha value is -2.30. The molecule has 2 N–H and O–H groups in total. The number of carboxylic acid groups (broad SMARTS) is 1. The molecular weight excluding hydrogens is 218 g/mol. The number of aromatic nitrogens is 2. The molecule has 5 nitrogen and oxygen atoms in total. The Balaban J connectivity index is 2.42. The first-order chi connectivity index (χ1) is 8.24. The van der Waals surface area contributed by atoms with Gasteiger partial charge in [0.05, 0.1) is 0 Å². The molecule has 0 amide bonds. The van der Waals surface area contributed by atoms with E-state index < -0.39 is 5.97 Å². The zero-order chi connectivity index (χ0) is 12.3. The van der Waals surface area contributed by atoms with Crippen LogP contribution in [0.3, 0.4) is 0 Å². The average molecular weight is 231 g/mol. The summed E-state index contributed by atoms with van der Waals surface area (Å²) in [4.78, 5) is 15.5. The minimum atomic E-state index is -0.996. The number of nitrogens with one attached hydrogen (secondary N) is 1. The fourth-order valence-electron chi connectivity index (χ4n) is 1.62. The van der Waals surface area contributed by atoms with Gasteiger partial charge in [-0.05, 0) is 18.6 Å². The van der Waals surface area contributed by atoms with E-state index in [1.807, 2.05) is 6.07 Å². The van der Waals surface area contributed by atoms with Gasteiger partial charge in [0, 0.05) is 12.7 Å². The van der Waals surface area contributed by atoms with E-state index >= 15 is 0 Å². The number of anilines is 1. The average Bonchev–Trinajstić information content (AvgIpc) is 2.67. The molecule has 2 aromatic rings. The zero-order valence-electron chi connectivity index (χ0n) is 9.26. The Morgan fingerprint density at radius 2 is 2.41 bits per heavy atom. The fourth-order valence-corrected chi connectivity index (χ4v) is 1.62. The Bertz CT molecular complexity index is 560. The Kier molecular flexibility index (Phi) is 3.09. The molecule has 0 aliphatic heterocycles. The SMILES string of the molecule is C=CCCNc1nc2ccccn2c1C(=O)O. The van der Waals surface area contributed by atoms with E-state index in [2.05, 4.69) is 16.9 Å². The Labute approximate surface area is 98.4 Å². The second-order valence-corrected chi connectivity index (χ2v) is 3.55. The standard InChI is InChI=1S/C12H13N3O2/c1-2-3-7-13-11-10(12(16)17)15-8-5-4-6-9(15)14-11/h2,4-6,8,13H,1,3,7H2,(H,16,17). The molecule has 0 aromatic carbocycles. The molecule has 0 radical (unpaired) electrons. The highest BCUT2D eigenvalue weighted by molar-refractivity contribution is 5.92. The second-order valence-electron chi connectivity index (χ2n) is 3.55. The lowest BCUT2D eigenvalue weighted by atomic mass is 10.4. The molecule has 0 aliphatic carbocycles. The van der Waals surface area contributed by atoms with E-state index in [1.165, 1.54) is 0 Å². The van der Waals surface area contributed by atoms with Gasteiger partial charge in [-0.25, -0.2) is 9.78 Å². The molecular formula is C12H13N3O2. The number of carbonyl (C=O) groups is 1. The summed E-state index contributed by atoms with van der Waals surface area (Å²) in [5.41, 5.74) is 0.774. The molecule has 0 bridgehead atoms. The van der Waals surface area contributed by atoms with Crippen LogP contribution in [0.2, 0.25) is 0 Å².